The van der Waals surface area contributed by atoms with E-state index in [2.05, 4.69) is 7.05 Å². The molecule has 4 nitrogen and oxygen atoms in total. The van der Waals surface area contributed by atoms with Gasteiger partial charge in [-0.2, -0.15) is 0 Å². The Hall–Kier alpha value is -0.160. The van der Waals surface area contributed by atoms with Gasteiger partial charge in [-0.1, -0.05) is 0 Å². The van der Waals surface area contributed by atoms with E-state index in [9.17, 15) is 0 Å². The molecule has 70 valence electrons. The lowest BCUT2D eigenvalue weighted by atomic mass is 10.4. The number of ether oxygens (including phenoxy) is 1. The predicted molar refractivity (Wildman–Crippen MR) is 42.6 cm³/mol. The van der Waals surface area contributed by atoms with Crippen LogP contribution in [0.2, 0.25) is 0 Å². The van der Waals surface area contributed by atoms with Crippen LogP contribution in [0.15, 0.2) is 0 Å². The molecule has 1 heterocycles. The minimum absolute atomic E-state index is 0. The van der Waals surface area contributed by atoms with Gasteiger partial charge in [0.1, 0.15) is 0 Å². The van der Waals surface area contributed by atoms with Crippen molar-refractivity contribution in [3.8, 4) is 0 Å². The fourth-order valence-corrected chi connectivity index (χ4v) is 1.54. The number of hydrogen-bond acceptors (Lipinski definition) is 2. The Kier molecular flexibility index (Phi) is 6.70. The van der Waals surface area contributed by atoms with Crippen molar-refractivity contribution in [2.45, 2.75) is 12.8 Å². The molecule has 0 atom stereocenters. The van der Waals surface area contributed by atoms with Crippen molar-refractivity contribution in [1.82, 2.24) is 0 Å². The van der Waals surface area contributed by atoms with Crippen LogP contribution in [-0.4, -0.2) is 49.4 Å². The number of methoxy groups -OCH3 is 1. The highest BCUT2D eigenvalue weighted by Gasteiger charge is 2.25. The van der Waals surface area contributed by atoms with Crippen LogP contribution in [0.4, 0.5) is 0 Å². The molecule has 0 aromatic carbocycles. The van der Waals surface area contributed by atoms with Crippen LogP contribution in [0.1, 0.15) is 12.8 Å². The summed E-state index contributed by atoms with van der Waals surface area (Å²) in [5.41, 5.74) is 0. The zero-order valence-electron chi connectivity index (χ0n) is 7.34. The SMILES string of the molecule is COC[N+]1(C)CCCC1.O.[OH-]. The zero-order valence-corrected chi connectivity index (χ0v) is 7.34. The lowest BCUT2D eigenvalue weighted by molar-refractivity contribution is -0.916. The molecule has 0 aromatic rings. The summed E-state index contributed by atoms with van der Waals surface area (Å²) in [5, 5.41) is 0. The smallest absolute Gasteiger partial charge is 0.182 e. The lowest BCUT2D eigenvalue weighted by Crippen LogP contribution is -2.42. The number of quaternary nitrogens is 1. The van der Waals surface area contributed by atoms with Gasteiger partial charge < -0.3 is 20.2 Å². The van der Waals surface area contributed by atoms with Crippen LogP contribution in [0.25, 0.3) is 0 Å². The molecule has 0 spiro atoms. The summed E-state index contributed by atoms with van der Waals surface area (Å²) in [6.07, 6.45) is 2.75. The minimum atomic E-state index is 0. The normalized spacial score (nSPS) is 20.2. The maximum Gasteiger partial charge on any atom is 0.182 e. The highest BCUT2D eigenvalue weighted by Crippen LogP contribution is 2.14. The van der Waals surface area contributed by atoms with Gasteiger partial charge >= 0.3 is 0 Å². The number of rotatable bonds is 2. The number of likely N-dealkylation sites (tertiary alicyclic amines) is 1. The van der Waals surface area contributed by atoms with Gasteiger partial charge in [0.15, 0.2) is 6.73 Å². The van der Waals surface area contributed by atoms with Gasteiger partial charge in [0.05, 0.1) is 20.1 Å². The van der Waals surface area contributed by atoms with Gasteiger partial charge in [-0.15, -0.1) is 0 Å². The summed E-state index contributed by atoms with van der Waals surface area (Å²) in [4.78, 5) is 0. The highest BCUT2D eigenvalue weighted by atomic mass is 16.5. The molecule has 0 saturated carbocycles. The summed E-state index contributed by atoms with van der Waals surface area (Å²) < 4.78 is 6.22. The van der Waals surface area contributed by atoms with E-state index in [0.29, 0.717) is 0 Å². The van der Waals surface area contributed by atoms with E-state index in [-0.39, 0.29) is 11.0 Å². The van der Waals surface area contributed by atoms with Gasteiger partial charge in [0, 0.05) is 20.0 Å². The molecule has 0 unspecified atom stereocenters. The monoisotopic (exact) mass is 165 g/mol. The second-order valence-corrected chi connectivity index (χ2v) is 3.19. The second kappa shape index (κ2) is 5.49. The third-order valence-electron chi connectivity index (χ3n) is 2.09. The van der Waals surface area contributed by atoms with Crippen LogP contribution in [0, 0.1) is 0 Å². The van der Waals surface area contributed by atoms with E-state index in [0.717, 1.165) is 11.2 Å². The molecule has 1 saturated heterocycles. The summed E-state index contributed by atoms with van der Waals surface area (Å²) in [7, 11) is 4.04. The van der Waals surface area contributed by atoms with Crippen molar-refractivity contribution in [3.63, 3.8) is 0 Å². The molecule has 11 heavy (non-hydrogen) atoms. The van der Waals surface area contributed by atoms with E-state index >= 15 is 0 Å². The molecule has 1 fully saturated rings. The highest BCUT2D eigenvalue weighted by molar-refractivity contribution is 4.48. The third-order valence-corrected chi connectivity index (χ3v) is 2.09. The van der Waals surface area contributed by atoms with Gasteiger partial charge in [-0.25, -0.2) is 0 Å². The molecule has 0 aliphatic carbocycles. The number of nitrogens with zero attached hydrogens (tertiary/aromatic N) is 1. The fourth-order valence-electron chi connectivity index (χ4n) is 1.54. The van der Waals surface area contributed by atoms with E-state index in [1.165, 1.54) is 25.9 Å². The van der Waals surface area contributed by atoms with Crippen LogP contribution in [0.3, 0.4) is 0 Å². The van der Waals surface area contributed by atoms with E-state index in [1.54, 1.807) is 7.11 Å². The standard InChI is InChI=1S/C7H16NO.2H2O/c1-8(7-9-2)5-3-4-6-8;;/h3-7H2,1-2H3;2*1H2/q+1;;/p-1. The Bertz CT molecular complexity index is 91.7. The molecular formula is C7H19NO3. The Morgan fingerprint density at radius 3 is 2.09 bits per heavy atom. The first-order chi connectivity index (χ1) is 4.27. The van der Waals surface area contributed by atoms with Crippen molar-refractivity contribution in [2.75, 3.05) is 34.0 Å². The fraction of sp³-hybridized carbons (Fsp3) is 1.00. The quantitative estimate of drug-likeness (QED) is 0.533. The van der Waals surface area contributed by atoms with E-state index in [4.69, 9.17) is 4.74 Å². The molecule has 0 aromatic heterocycles. The van der Waals surface area contributed by atoms with Crippen molar-refractivity contribution in [3.05, 3.63) is 0 Å². The van der Waals surface area contributed by atoms with E-state index in [1.807, 2.05) is 0 Å². The summed E-state index contributed by atoms with van der Waals surface area (Å²) in [6, 6.07) is 0. The molecule has 4 heteroatoms. The number of hydrogen-bond donors (Lipinski definition) is 0. The first-order valence-electron chi connectivity index (χ1n) is 3.59. The van der Waals surface area contributed by atoms with Crippen molar-refractivity contribution >= 4 is 0 Å². The molecule has 3 N–H and O–H groups in total. The largest absolute Gasteiger partial charge is 0.870 e. The van der Waals surface area contributed by atoms with Gasteiger partial charge in [-0.05, 0) is 0 Å². The van der Waals surface area contributed by atoms with Crippen LogP contribution in [-0.2, 0) is 4.74 Å². The van der Waals surface area contributed by atoms with Gasteiger partial charge in [-0.3, -0.25) is 0 Å². The average molecular weight is 165 g/mol. The van der Waals surface area contributed by atoms with Crippen molar-refractivity contribution in [1.29, 1.82) is 0 Å². The Morgan fingerprint density at radius 1 is 1.27 bits per heavy atom. The summed E-state index contributed by atoms with van der Waals surface area (Å²) in [6.45, 7) is 3.49. The third kappa shape index (κ3) is 3.67. The maximum absolute atomic E-state index is 5.10. The van der Waals surface area contributed by atoms with Crippen LogP contribution in [0.5, 0.6) is 0 Å². The Balaban J connectivity index is 0. The average Bonchev–Trinajstić information content (AvgIpc) is 2.16. The summed E-state index contributed by atoms with van der Waals surface area (Å²) >= 11 is 0. The van der Waals surface area contributed by atoms with Crippen LogP contribution >= 0.6 is 0 Å². The van der Waals surface area contributed by atoms with Gasteiger partial charge in [0.2, 0.25) is 0 Å². The lowest BCUT2D eigenvalue weighted by Gasteiger charge is -2.27. The Labute approximate surface area is 68.0 Å². The summed E-state index contributed by atoms with van der Waals surface area (Å²) in [5.74, 6) is 0. The molecule has 0 radical (unpaired) electrons. The van der Waals surface area contributed by atoms with E-state index < -0.39 is 0 Å². The molecular weight excluding hydrogens is 146 g/mol. The Morgan fingerprint density at radius 2 is 1.73 bits per heavy atom. The predicted octanol–water partition coefficient (Wildman–Crippen LogP) is -0.171. The minimum Gasteiger partial charge on any atom is -0.870 e. The molecule has 0 bridgehead atoms. The molecule has 1 rings (SSSR count). The zero-order chi connectivity index (χ0) is 6.74. The topological polar surface area (TPSA) is 70.7 Å². The first kappa shape index (κ1) is 13.4. The molecule has 1 aliphatic rings. The van der Waals surface area contributed by atoms with Crippen molar-refractivity contribution < 1.29 is 20.2 Å². The first-order valence-corrected chi connectivity index (χ1v) is 3.59. The van der Waals surface area contributed by atoms with Crippen LogP contribution < -0.4 is 0 Å². The maximum atomic E-state index is 5.10. The molecule has 1 aliphatic heterocycles. The van der Waals surface area contributed by atoms with Gasteiger partial charge in [0.25, 0.3) is 0 Å². The molecule has 0 amide bonds. The second-order valence-electron chi connectivity index (χ2n) is 3.19. The van der Waals surface area contributed by atoms with Crippen molar-refractivity contribution in [2.24, 2.45) is 0 Å².